The Labute approximate surface area is 130 Å². The van der Waals surface area contributed by atoms with Crippen molar-refractivity contribution in [1.82, 2.24) is 0 Å². The van der Waals surface area contributed by atoms with Gasteiger partial charge in [0.05, 0.1) is 5.56 Å². The first-order chi connectivity index (χ1) is 10.1. The van der Waals surface area contributed by atoms with Crippen molar-refractivity contribution in [2.45, 2.75) is 19.8 Å². The molecule has 0 atom stereocenters. The van der Waals surface area contributed by atoms with E-state index in [9.17, 15) is 4.79 Å². The molecule has 0 aromatic heterocycles. The second-order valence-corrected chi connectivity index (χ2v) is 5.28. The summed E-state index contributed by atoms with van der Waals surface area (Å²) in [5, 5.41) is 6.43. The fourth-order valence-electron chi connectivity index (χ4n) is 2.16. The van der Waals surface area contributed by atoms with E-state index in [1.54, 1.807) is 25.2 Å². The Morgan fingerprint density at radius 1 is 1.14 bits per heavy atom. The molecule has 0 bridgehead atoms. The summed E-state index contributed by atoms with van der Waals surface area (Å²) < 4.78 is 0. The van der Waals surface area contributed by atoms with Gasteiger partial charge in [-0.05, 0) is 42.3 Å². The number of anilines is 2. The van der Waals surface area contributed by atoms with Crippen molar-refractivity contribution in [3.8, 4) is 0 Å². The van der Waals surface area contributed by atoms with Gasteiger partial charge in [0, 0.05) is 23.4 Å². The first-order valence-corrected chi connectivity index (χ1v) is 7.39. The monoisotopic (exact) mass is 302 g/mol. The van der Waals surface area contributed by atoms with Gasteiger partial charge in [0.15, 0.2) is 0 Å². The van der Waals surface area contributed by atoms with Crippen molar-refractivity contribution < 1.29 is 4.79 Å². The van der Waals surface area contributed by atoms with Crippen LogP contribution in [0.25, 0.3) is 0 Å². The Morgan fingerprint density at radius 3 is 2.48 bits per heavy atom. The predicted octanol–water partition coefficient (Wildman–Crippen LogP) is 4.59. The molecule has 0 saturated carbocycles. The highest BCUT2D eigenvalue weighted by Crippen LogP contribution is 2.22. The average molecular weight is 303 g/mol. The zero-order valence-electron chi connectivity index (χ0n) is 12.2. The average Bonchev–Trinajstić information content (AvgIpc) is 2.49. The van der Waals surface area contributed by atoms with Crippen molar-refractivity contribution in [2.75, 3.05) is 17.7 Å². The quantitative estimate of drug-likeness (QED) is 0.848. The second-order valence-electron chi connectivity index (χ2n) is 4.84. The largest absolute Gasteiger partial charge is 0.387 e. The molecule has 0 radical (unpaired) electrons. The molecule has 0 fully saturated rings. The maximum Gasteiger partial charge on any atom is 0.257 e. The van der Waals surface area contributed by atoms with E-state index in [1.807, 2.05) is 24.3 Å². The smallest absolute Gasteiger partial charge is 0.257 e. The molecular weight excluding hydrogens is 284 g/mol. The van der Waals surface area contributed by atoms with Gasteiger partial charge in [-0.1, -0.05) is 37.1 Å². The Balaban J connectivity index is 2.15. The number of aryl methyl sites for hydroxylation is 1. The van der Waals surface area contributed by atoms with Crippen LogP contribution in [-0.2, 0) is 6.42 Å². The third-order valence-electron chi connectivity index (χ3n) is 3.25. The molecule has 0 unspecified atom stereocenters. The lowest BCUT2D eigenvalue weighted by Crippen LogP contribution is -2.14. The van der Waals surface area contributed by atoms with Gasteiger partial charge in [-0.15, -0.1) is 0 Å². The van der Waals surface area contributed by atoms with E-state index in [0.29, 0.717) is 10.6 Å². The first kappa shape index (κ1) is 15.4. The van der Waals surface area contributed by atoms with E-state index >= 15 is 0 Å². The SMILES string of the molecule is CCCc1ccc(NC(=O)c2cc(Cl)ccc2NC)cc1. The fourth-order valence-corrected chi connectivity index (χ4v) is 2.34. The van der Waals surface area contributed by atoms with E-state index in [1.165, 1.54) is 5.56 Å². The fraction of sp³-hybridized carbons (Fsp3) is 0.235. The van der Waals surface area contributed by atoms with Gasteiger partial charge >= 0.3 is 0 Å². The summed E-state index contributed by atoms with van der Waals surface area (Å²) in [5.41, 5.74) is 3.33. The van der Waals surface area contributed by atoms with Crippen molar-refractivity contribution in [2.24, 2.45) is 0 Å². The van der Waals surface area contributed by atoms with E-state index in [2.05, 4.69) is 17.6 Å². The summed E-state index contributed by atoms with van der Waals surface area (Å²) in [6, 6.07) is 13.1. The maximum atomic E-state index is 12.3. The molecule has 0 aliphatic carbocycles. The minimum atomic E-state index is -0.176. The minimum absolute atomic E-state index is 0.176. The van der Waals surface area contributed by atoms with Crippen LogP contribution in [0, 0.1) is 0 Å². The van der Waals surface area contributed by atoms with Crippen LogP contribution in [0.2, 0.25) is 5.02 Å². The Hall–Kier alpha value is -2.00. The van der Waals surface area contributed by atoms with Crippen molar-refractivity contribution in [1.29, 1.82) is 0 Å². The highest BCUT2D eigenvalue weighted by molar-refractivity contribution is 6.31. The van der Waals surface area contributed by atoms with Gasteiger partial charge in [-0.25, -0.2) is 0 Å². The van der Waals surface area contributed by atoms with E-state index in [-0.39, 0.29) is 5.91 Å². The second kappa shape index (κ2) is 7.14. The van der Waals surface area contributed by atoms with Crippen LogP contribution in [0.5, 0.6) is 0 Å². The number of carbonyl (C=O) groups is 1. The van der Waals surface area contributed by atoms with Crippen LogP contribution < -0.4 is 10.6 Å². The van der Waals surface area contributed by atoms with Crippen LogP contribution >= 0.6 is 11.6 Å². The summed E-state index contributed by atoms with van der Waals surface area (Å²) in [7, 11) is 1.78. The highest BCUT2D eigenvalue weighted by Gasteiger charge is 2.11. The van der Waals surface area contributed by atoms with Crippen molar-refractivity contribution in [3.63, 3.8) is 0 Å². The summed E-state index contributed by atoms with van der Waals surface area (Å²) in [5.74, 6) is -0.176. The van der Waals surface area contributed by atoms with Crippen LogP contribution in [0.15, 0.2) is 42.5 Å². The van der Waals surface area contributed by atoms with Crippen LogP contribution in [0.3, 0.4) is 0 Å². The number of amides is 1. The molecule has 4 heteroatoms. The van der Waals surface area contributed by atoms with Gasteiger partial charge in [0.2, 0.25) is 0 Å². The molecule has 2 aromatic rings. The predicted molar refractivity (Wildman–Crippen MR) is 89.4 cm³/mol. The van der Waals surface area contributed by atoms with E-state index in [0.717, 1.165) is 24.2 Å². The van der Waals surface area contributed by atoms with Gasteiger partial charge in [-0.3, -0.25) is 4.79 Å². The number of benzene rings is 2. The number of rotatable bonds is 5. The molecule has 110 valence electrons. The van der Waals surface area contributed by atoms with Crippen LogP contribution in [0.4, 0.5) is 11.4 Å². The minimum Gasteiger partial charge on any atom is -0.387 e. The lowest BCUT2D eigenvalue weighted by molar-refractivity contribution is 0.102. The zero-order valence-corrected chi connectivity index (χ0v) is 13.0. The van der Waals surface area contributed by atoms with Gasteiger partial charge < -0.3 is 10.6 Å². The molecule has 2 aromatic carbocycles. The topological polar surface area (TPSA) is 41.1 Å². The van der Waals surface area contributed by atoms with Crippen LogP contribution in [-0.4, -0.2) is 13.0 Å². The maximum absolute atomic E-state index is 12.3. The van der Waals surface area contributed by atoms with Gasteiger partial charge in [0.1, 0.15) is 0 Å². The molecule has 0 spiro atoms. The first-order valence-electron chi connectivity index (χ1n) is 7.01. The Kier molecular flexibility index (Phi) is 5.23. The summed E-state index contributed by atoms with van der Waals surface area (Å²) in [4.78, 5) is 12.3. The summed E-state index contributed by atoms with van der Waals surface area (Å²) in [6.45, 7) is 2.15. The summed E-state index contributed by atoms with van der Waals surface area (Å²) >= 11 is 5.97. The molecule has 2 rings (SSSR count). The molecule has 0 saturated heterocycles. The molecule has 21 heavy (non-hydrogen) atoms. The molecule has 0 aliphatic heterocycles. The Bertz CT molecular complexity index is 623. The van der Waals surface area contributed by atoms with Crippen LogP contribution in [0.1, 0.15) is 29.3 Å². The van der Waals surface area contributed by atoms with Gasteiger partial charge in [-0.2, -0.15) is 0 Å². The van der Waals surface area contributed by atoms with Crippen molar-refractivity contribution in [3.05, 3.63) is 58.6 Å². The van der Waals surface area contributed by atoms with Crippen molar-refractivity contribution >= 4 is 28.9 Å². The Morgan fingerprint density at radius 2 is 1.86 bits per heavy atom. The molecule has 1 amide bonds. The number of halogens is 1. The number of hydrogen-bond acceptors (Lipinski definition) is 2. The van der Waals surface area contributed by atoms with E-state index in [4.69, 9.17) is 11.6 Å². The lowest BCUT2D eigenvalue weighted by Gasteiger charge is -2.11. The highest BCUT2D eigenvalue weighted by atomic mass is 35.5. The molecule has 3 nitrogen and oxygen atoms in total. The number of hydrogen-bond donors (Lipinski definition) is 2. The standard InChI is InChI=1S/C17H19ClN2O/c1-3-4-12-5-8-14(9-6-12)20-17(21)15-11-13(18)7-10-16(15)19-2/h5-11,19H,3-4H2,1-2H3,(H,20,21). The number of carbonyl (C=O) groups excluding carboxylic acids is 1. The third-order valence-corrected chi connectivity index (χ3v) is 3.48. The molecular formula is C17H19ClN2O. The number of nitrogens with one attached hydrogen (secondary N) is 2. The van der Waals surface area contributed by atoms with E-state index < -0.39 is 0 Å². The normalized spacial score (nSPS) is 10.2. The summed E-state index contributed by atoms with van der Waals surface area (Å²) in [6.07, 6.45) is 2.16. The van der Waals surface area contributed by atoms with Gasteiger partial charge in [0.25, 0.3) is 5.91 Å². The third kappa shape index (κ3) is 3.99. The lowest BCUT2D eigenvalue weighted by atomic mass is 10.1. The zero-order chi connectivity index (χ0) is 15.2. The molecule has 0 aliphatic rings. The molecule has 0 heterocycles. The molecule has 2 N–H and O–H groups in total.